The van der Waals surface area contributed by atoms with Crippen LogP contribution < -0.4 is 10.5 Å². The van der Waals surface area contributed by atoms with E-state index in [9.17, 15) is 10.2 Å². The second-order valence-corrected chi connectivity index (χ2v) is 4.00. The SMILES string of the molecule is COc1cc([C@@H](O)CCN)cc(Br)c1O. The fourth-order valence-corrected chi connectivity index (χ4v) is 1.73. The second kappa shape index (κ2) is 5.34. The van der Waals surface area contributed by atoms with Gasteiger partial charge in [-0.1, -0.05) is 0 Å². The number of halogens is 1. The molecule has 1 aromatic rings. The maximum atomic E-state index is 9.72. The van der Waals surface area contributed by atoms with Gasteiger partial charge < -0.3 is 20.7 Å². The van der Waals surface area contributed by atoms with Crippen molar-refractivity contribution in [3.05, 3.63) is 22.2 Å². The van der Waals surface area contributed by atoms with Gasteiger partial charge in [-0.2, -0.15) is 0 Å². The Kier molecular flexibility index (Phi) is 4.38. The van der Waals surface area contributed by atoms with E-state index in [1.165, 1.54) is 7.11 Å². The lowest BCUT2D eigenvalue weighted by atomic mass is 10.1. The Labute approximate surface area is 96.8 Å². The van der Waals surface area contributed by atoms with E-state index in [2.05, 4.69) is 15.9 Å². The first kappa shape index (κ1) is 12.3. The van der Waals surface area contributed by atoms with Gasteiger partial charge in [0, 0.05) is 0 Å². The molecule has 4 N–H and O–H groups in total. The third kappa shape index (κ3) is 2.84. The number of nitrogens with two attached hydrogens (primary N) is 1. The van der Waals surface area contributed by atoms with Gasteiger partial charge >= 0.3 is 0 Å². The van der Waals surface area contributed by atoms with E-state index in [4.69, 9.17) is 10.5 Å². The summed E-state index contributed by atoms with van der Waals surface area (Å²) in [6.45, 7) is 0.405. The number of methoxy groups -OCH3 is 1. The molecular weight excluding hydrogens is 262 g/mol. The van der Waals surface area contributed by atoms with Crippen LogP contribution >= 0.6 is 15.9 Å². The Bertz CT molecular complexity index is 344. The number of aromatic hydroxyl groups is 1. The maximum absolute atomic E-state index is 9.72. The van der Waals surface area contributed by atoms with Crippen LogP contribution in [-0.4, -0.2) is 23.9 Å². The highest BCUT2D eigenvalue weighted by molar-refractivity contribution is 9.10. The van der Waals surface area contributed by atoms with Crippen molar-refractivity contribution in [3.63, 3.8) is 0 Å². The van der Waals surface area contributed by atoms with E-state index in [0.29, 0.717) is 28.8 Å². The third-order valence-electron chi connectivity index (χ3n) is 2.10. The average molecular weight is 276 g/mol. The van der Waals surface area contributed by atoms with Gasteiger partial charge in [-0.05, 0) is 46.6 Å². The molecule has 0 aliphatic heterocycles. The number of hydrogen-bond acceptors (Lipinski definition) is 4. The predicted molar refractivity (Wildman–Crippen MR) is 61.0 cm³/mol. The normalized spacial score (nSPS) is 12.5. The Balaban J connectivity index is 3.05. The molecule has 0 unspecified atom stereocenters. The fourth-order valence-electron chi connectivity index (χ4n) is 1.27. The zero-order chi connectivity index (χ0) is 11.4. The van der Waals surface area contributed by atoms with E-state index in [0.717, 1.165) is 0 Å². The number of phenols is 1. The van der Waals surface area contributed by atoms with Crippen LogP contribution in [0.2, 0.25) is 0 Å². The first-order valence-electron chi connectivity index (χ1n) is 4.54. The minimum atomic E-state index is -0.638. The van der Waals surface area contributed by atoms with Gasteiger partial charge in [0.2, 0.25) is 0 Å². The molecule has 4 nitrogen and oxygen atoms in total. The zero-order valence-electron chi connectivity index (χ0n) is 8.40. The molecule has 1 aromatic carbocycles. The standard InChI is InChI=1S/C10H14BrNO3/c1-15-9-5-6(8(13)2-3-12)4-7(11)10(9)14/h4-5,8,13-14H,2-3,12H2,1H3/t8-/m0/s1. The van der Waals surface area contributed by atoms with E-state index in [-0.39, 0.29) is 5.75 Å². The van der Waals surface area contributed by atoms with E-state index in [1.807, 2.05) is 0 Å². The Hall–Kier alpha value is -0.780. The van der Waals surface area contributed by atoms with E-state index < -0.39 is 6.10 Å². The van der Waals surface area contributed by atoms with Crippen LogP contribution in [0.5, 0.6) is 11.5 Å². The molecule has 84 valence electrons. The Morgan fingerprint density at radius 2 is 2.20 bits per heavy atom. The molecule has 0 amide bonds. The van der Waals surface area contributed by atoms with Gasteiger partial charge in [0.05, 0.1) is 17.7 Å². The molecule has 0 heterocycles. The molecule has 15 heavy (non-hydrogen) atoms. The summed E-state index contributed by atoms with van der Waals surface area (Å²) >= 11 is 3.18. The molecule has 0 aromatic heterocycles. The predicted octanol–water partition coefficient (Wildman–Crippen LogP) is 1.55. The summed E-state index contributed by atoms with van der Waals surface area (Å²) in [5.41, 5.74) is 6.02. The smallest absolute Gasteiger partial charge is 0.172 e. The van der Waals surface area contributed by atoms with Crippen molar-refractivity contribution in [1.29, 1.82) is 0 Å². The molecule has 1 rings (SSSR count). The molecular formula is C10H14BrNO3. The zero-order valence-corrected chi connectivity index (χ0v) is 9.99. The van der Waals surface area contributed by atoms with E-state index >= 15 is 0 Å². The summed E-state index contributed by atoms with van der Waals surface area (Å²) in [6.07, 6.45) is -0.166. The largest absolute Gasteiger partial charge is 0.503 e. The van der Waals surface area contributed by atoms with Crippen molar-refractivity contribution < 1.29 is 14.9 Å². The Morgan fingerprint density at radius 3 is 2.73 bits per heavy atom. The van der Waals surface area contributed by atoms with Crippen LogP contribution in [0.1, 0.15) is 18.1 Å². The van der Waals surface area contributed by atoms with E-state index in [1.54, 1.807) is 12.1 Å². The first-order chi connectivity index (χ1) is 7.10. The molecule has 0 aliphatic rings. The van der Waals surface area contributed by atoms with Crippen LogP contribution in [0.4, 0.5) is 0 Å². The van der Waals surface area contributed by atoms with Gasteiger partial charge in [0.1, 0.15) is 0 Å². The molecule has 0 radical (unpaired) electrons. The Morgan fingerprint density at radius 1 is 1.53 bits per heavy atom. The molecule has 0 saturated carbocycles. The summed E-state index contributed by atoms with van der Waals surface area (Å²) in [6, 6.07) is 3.25. The minimum Gasteiger partial charge on any atom is -0.503 e. The van der Waals surface area contributed by atoms with Gasteiger partial charge in [-0.3, -0.25) is 0 Å². The van der Waals surface area contributed by atoms with Gasteiger partial charge in [-0.15, -0.1) is 0 Å². The molecule has 5 heteroatoms. The topological polar surface area (TPSA) is 75.7 Å². The monoisotopic (exact) mass is 275 g/mol. The quantitative estimate of drug-likeness (QED) is 0.779. The molecule has 0 fully saturated rings. The summed E-state index contributed by atoms with van der Waals surface area (Å²) < 4.78 is 5.47. The minimum absolute atomic E-state index is 0.0289. The lowest BCUT2D eigenvalue weighted by Gasteiger charge is -2.13. The lowest BCUT2D eigenvalue weighted by molar-refractivity contribution is 0.169. The van der Waals surface area contributed by atoms with Gasteiger partial charge in [0.25, 0.3) is 0 Å². The number of hydrogen-bond donors (Lipinski definition) is 3. The number of phenolic OH excluding ortho intramolecular Hbond substituents is 1. The summed E-state index contributed by atoms with van der Waals surface area (Å²) in [5.74, 6) is 0.358. The second-order valence-electron chi connectivity index (χ2n) is 3.15. The molecule has 0 spiro atoms. The summed E-state index contributed by atoms with van der Waals surface area (Å²) in [7, 11) is 1.46. The molecule has 0 saturated heterocycles. The number of benzene rings is 1. The number of aliphatic hydroxyl groups is 1. The average Bonchev–Trinajstić information content (AvgIpc) is 2.22. The van der Waals surface area contributed by atoms with Crippen molar-refractivity contribution in [2.24, 2.45) is 5.73 Å². The highest BCUT2D eigenvalue weighted by Gasteiger charge is 2.13. The third-order valence-corrected chi connectivity index (χ3v) is 2.70. The maximum Gasteiger partial charge on any atom is 0.172 e. The summed E-state index contributed by atoms with van der Waals surface area (Å²) in [4.78, 5) is 0. The lowest BCUT2D eigenvalue weighted by Crippen LogP contribution is -2.06. The highest BCUT2D eigenvalue weighted by atomic mass is 79.9. The summed E-state index contributed by atoms with van der Waals surface area (Å²) in [5, 5.41) is 19.3. The van der Waals surface area contributed by atoms with Crippen molar-refractivity contribution >= 4 is 15.9 Å². The molecule has 0 bridgehead atoms. The highest BCUT2D eigenvalue weighted by Crippen LogP contribution is 2.37. The molecule has 0 aliphatic carbocycles. The van der Waals surface area contributed by atoms with Crippen LogP contribution in [0, 0.1) is 0 Å². The van der Waals surface area contributed by atoms with Crippen LogP contribution in [-0.2, 0) is 0 Å². The van der Waals surface area contributed by atoms with Crippen molar-refractivity contribution in [3.8, 4) is 11.5 Å². The van der Waals surface area contributed by atoms with Crippen LogP contribution in [0.25, 0.3) is 0 Å². The van der Waals surface area contributed by atoms with Crippen molar-refractivity contribution in [2.75, 3.05) is 13.7 Å². The fraction of sp³-hybridized carbons (Fsp3) is 0.400. The van der Waals surface area contributed by atoms with Gasteiger partial charge in [0.15, 0.2) is 11.5 Å². The van der Waals surface area contributed by atoms with Crippen molar-refractivity contribution in [1.82, 2.24) is 0 Å². The van der Waals surface area contributed by atoms with Gasteiger partial charge in [-0.25, -0.2) is 0 Å². The number of rotatable bonds is 4. The number of aliphatic hydroxyl groups excluding tert-OH is 1. The first-order valence-corrected chi connectivity index (χ1v) is 5.34. The van der Waals surface area contributed by atoms with Crippen LogP contribution in [0.15, 0.2) is 16.6 Å². The number of ether oxygens (including phenoxy) is 1. The molecule has 1 atom stereocenters. The van der Waals surface area contributed by atoms with Crippen molar-refractivity contribution in [2.45, 2.75) is 12.5 Å². The van der Waals surface area contributed by atoms with Crippen LogP contribution in [0.3, 0.4) is 0 Å².